The number of nitrogens with zero attached hydrogens (tertiary/aromatic N) is 3. The largest absolute Gasteiger partial charge is 0.378 e. The van der Waals surface area contributed by atoms with Gasteiger partial charge in [0, 0.05) is 24.5 Å². The molecule has 140 valence electrons. The van der Waals surface area contributed by atoms with Gasteiger partial charge in [0.1, 0.15) is 11.5 Å². The topological polar surface area (TPSA) is 126 Å². The van der Waals surface area contributed by atoms with Crippen molar-refractivity contribution in [1.82, 2.24) is 15.0 Å². The predicted octanol–water partition coefficient (Wildman–Crippen LogP) is 2.90. The highest BCUT2D eigenvalue weighted by molar-refractivity contribution is 5.86. The number of benzene rings is 2. The second kappa shape index (κ2) is 7.31. The average molecular weight is 376 g/mol. The normalized spacial score (nSPS) is 10.9. The molecule has 0 fully saturated rings. The summed E-state index contributed by atoms with van der Waals surface area (Å²) < 4.78 is 0. The second-order valence-electron chi connectivity index (χ2n) is 6.12. The van der Waals surface area contributed by atoms with E-state index >= 15 is 0 Å². The molecular formula is C19H16N6O3. The molecule has 0 aliphatic carbocycles. The Balaban J connectivity index is 1.48. The number of nitro groups is 1. The lowest BCUT2D eigenvalue weighted by atomic mass is 10.2. The lowest BCUT2D eigenvalue weighted by molar-refractivity contribution is -0.383. The standard InChI is InChI=1S/C19H16N6O3/c26-19-13-9-17(25(27)28)16(10-15(13)22-11-23-19)20-7-8-21-18-6-5-12-3-1-2-4-14(12)24-18/h1-6,9-11,20H,7-8H2,(H,21,24)(H,22,23,26). The first-order chi connectivity index (χ1) is 13.6. The van der Waals surface area contributed by atoms with Gasteiger partial charge in [-0.3, -0.25) is 14.9 Å². The number of aromatic amines is 1. The molecule has 4 aromatic rings. The average Bonchev–Trinajstić information content (AvgIpc) is 2.70. The fourth-order valence-electron chi connectivity index (χ4n) is 2.95. The Kier molecular flexibility index (Phi) is 4.55. The third-order valence-corrected chi connectivity index (χ3v) is 4.30. The summed E-state index contributed by atoms with van der Waals surface area (Å²) in [6, 6.07) is 14.4. The van der Waals surface area contributed by atoms with E-state index in [2.05, 4.69) is 25.6 Å². The van der Waals surface area contributed by atoms with Gasteiger partial charge in [-0.2, -0.15) is 0 Å². The number of hydrogen-bond donors (Lipinski definition) is 3. The first-order valence-electron chi connectivity index (χ1n) is 8.61. The fourth-order valence-corrected chi connectivity index (χ4v) is 2.95. The molecule has 0 aliphatic heterocycles. The van der Waals surface area contributed by atoms with E-state index in [9.17, 15) is 14.9 Å². The zero-order valence-electron chi connectivity index (χ0n) is 14.7. The Hall–Kier alpha value is -4.01. The van der Waals surface area contributed by atoms with Crippen LogP contribution in [0.5, 0.6) is 0 Å². The van der Waals surface area contributed by atoms with Crippen molar-refractivity contribution >= 4 is 39.0 Å². The van der Waals surface area contributed by atoms with E-state index in [1.807, 2.05) is 36.4 Å². The zero-order valence-corrected chi connectivity index (χ0v) is 14.7. The van der Waals surface area contributed by atoms with Crippen LogP contribution in [0.15, 0.2) is 59.7 Å². The second-order valence-corrected chi connectivity index (χ2v) is 6.12. The molecular weight excluding hydrogens is 360 g/mol. The summed E-state index contributed by atoms with van der Waals surface area (Å²) in [5, 5.41) is 18.8. The molecule has 0 saturated heterocycles. The molecule has 2 aromatic carbocycles. The monoisotopic (exact) mass is 376 g/mol. The van der Waals surface area contributed by atoms with Crippen molar-refractivity contribution < 1.29 is 4.92 Å². The molecule has 0 radical (unpaired) electrons. The lowest BCUT2D eigenvalue weighted by Gasteiger charge is -2.10. The zero-order chi connectivity index (χ0) is 19.5. The predicted molar refractivity (Wildman–Crippen MR) is 108 cm³/mol. The summed E-state index contributed by atoms with van der Waals surface area (Å²) in [5.41, 5.74) is 1.00. The number of pyridine rings is 1. The first kappa shape index (κ1) is 17.4. The number of anilines is 2. The molecule has 9 heteroatoms. The van der Waals surface area contributed by atoms with Crippen LogP contribution in [0, 0.1) is 10.1 Å². The third-order valence-electron chi connectivity index (χ3n) is 4.30. The van der Waals surface area contributed by atoms with Gasteiger partial charge >= 0.3 is 0 Å². The highest BCUT2D eigenvalue weighted by Gasteiger charge is 2.16. The van der Waals surface area contributed by atoms with Crippen LogP contribution in [0.3, 0.4) is 0 Å². The van der Waals surface area contributed by atoms with Gasteiger partial charge < -0.3 is 15.6 Å². The van der Waals surface area contributed by atoms with E-state index in [4.69, 9.17) is 0 Å². The van der Waals surface area contributed by atoms with Crippen LogP contribution in [0.2, 0.25) is 0 Å². The Morgan fingerprint density at radius 1 is 1.04 bits per heavy atom. The maximum Gasteiger partial charge on any atom is 0.293 e. The molecule has 0 aliphatic rings. The first-order valence-corrected chi connectivity index (χ1v) is 8.61. The number of hydrogen-bond acceptors (Lipinski definition) is 7. The molecule has 0 unspecified atom stereocenters. The number of aromatic nitrogens is 3. The van der Waals surface area contributed by atoms with Gasteiger partial charge in [-0.15, -0.1) is 0 Å². The number of rotatable bonds is 6. The van der Waals surface area contributed by atoms with Crippen LogP contribution >= 0.6 is 0 Å². The summed E-state index contributed by atoms with van der Waals surface area (Å²) in [6.07, 6.45) is 1.27. The van der Waals surface area contributed by atoms with Crippen molar-refractivity contribution in [2.24, 2.45) is 0 Å². The molecule has 0 bridgehead atoms. The van der Waals surface area contributed by atoms with Crippen molar-refractivity contribution in [2.75, 3.05) is 23.7 Å². The number of fused-ring (bicyclic) bond motifs is 2. The molecule has 0 atom stereocenters. The molecule has 0 saturated carbocycles. The van der Waals surface area contributed by atoms with Crippen molar-refractivity contribution in [1.29, 1.82) is 0 Å². The van der Waals surface area contributed by atoms with Gasteiger partial charge in [-0.1, -0.05) is 18.2 Å². The SMILES string of the molecule is O=c1[nH]cnc2cc(NCCNc3ccc4ccccc4n3)c([N+](=O)[O-])cc12. The van der Waals surface area contributed by atoms with Crippen LogP contribution in [-0.2, 0) is 0 Å². The molecule has 3 N–H and O–H groups in total. The quantitative estimate of drug-likeness (QED) is 0.268. The van der Waals surface area contributed by atoms with Gasteiger partial charge in [0.15, 0.2) is 0 Å². The summed E-state index contributed by atoms with van der Waals surface area (Å²) in [4.78, 5) is 33.7. The van der Waals surface area contributed by atoms with E-state index < -0.39 is 10.5 Å². The summed E-state index contributed by atoms with van der Waals surface area (Å²) in [7, 11) is 0. The number of nitrogens with one attached hydrogen (secondary N) is 3. The number of H-pyrrole nitrogens is 1. The molecule has 4 rings (SSSR count). The summed E-state index contributed by atoms with van der Waals surface area (Å²) in [5.74, 6) is 0.724. The number of para-hydroxylation sites is 1. The highest BCUT2D eigenvalue weighted by atomic mass is 16.6. The van der Waals surface area contributed by atoms with E-state index in [-0.39, 0.29) is 11.1 Å². The number of nitro benzene ring substituents is 1. The minimum atomic E-state index is -0.521. The van der Waals surface area contributed by atoms with Gasteiger partial charge in [-0.25, -0.2) is 9.97 Å². The van der Waals surface area contributed by atoms with Gasteiger partial charge in [0.2, 0.25) is 0 Å². The third kappa shape index (κ3) is 3.45. The Bertz CT molecular complexity index is 1240. The molecule has 0 spiro atoms. The van der Waals surface area contributed by atoms with E-state index in [1.165, 1.54) is 18.5 Å². The summed E-state index contributed by atoms with van der Waals surface area (Å²) >= 11 is 0. The molecule has 2 aromatic heterocycles. The molecule has 28 heavy (non-hydrogen) atoms. The van der Waals surface area contributed by atoms with Crippen LogP contribution in [-0.4, -0.2) is 33.0 Å². The lowest BCUT2D eigenvalue weighted by Crippen LogP contribution is -2.15. The Morgan fingerprint density at radius 2 is 1.86 bits per heavy atom. The Labute approximate surface area is 158 Å². The maximum atomic E-state index is 11.8. The molecule has 2 heterocycles. The van der Waals surface area contributed by atoms with Crippen molar-refractivity contribution in [3.63, 3.8) is 0 Å². The fraction of sp³-hybridized carbons (Fsp3) is 0.105. The van der Waals surface area contributed by atoms with Crippen LogP contribution < -0.4 is 16.2 Å². The van der Waals surface area contributed by atoms with E-state index in [1.54, 1.807) is 0 Å². The highest BCUT2D eigenvalue weighted by Crippen LogP contribution is 2.27. The van der Waals surface area contributed by atoms with Crippen LogP contribution in [0.1, 0.15) is 0 Å². The smallest absolute Gasteiger partial charge is 0.293 e. The van der Waals surface area contributed by atoms with Gasteiger partial charge in [0.05, 0.1) is 27.7 Å². The minimum absolute atomic E-state index is 0.171. The van der Waals surface area contributed by atoms with Crippen molar-refractivity contribution in [2.45, 2.75) is 0 Å². The Morgan fingerprint density at radius 3 is 2.71 bits per heavy atom. The van der Waals surface area contributed by atoms with Crippen molar-refractivity contribution in [3.8, 4) is 0 Å². The van der Waals surface area contributed by atoms with Crippen LogP contribution in [0.25, 0.3) is 21.8 Å². The van der Waals surface area contributed by atoms with Crippen LogP contribution in [0.4, 0.5) is 17.2 Å². The molecule has 9 nitrogen and oxygen atoms in total. The molecule has 0 amide bonds. The summed E-state index contributed by atoms with van der Waals surface area (Å²) in [6.45, 7) is 0.924. The minimum Gasteiger partial charge on any atom is -0.378 e. The van der Waals surface area contributed by atoms with Crippen molar-refractivity contribution in [3.05, 3.63) is 75.3 Å². The van der Waals surface area contributed by atoms with E-state index in [0.717, 1.165) is 16.7 Å². The van der Waals surface area contributed by atoms with Gasteiger partial charge in [-0.05, 0) is 24.3 Å². The maximum absolute atomic E-state index is 11.8. The van der Waals surface area contributed by atoms with Gasteiger partial charge in [0.25, 0.3) is 11.2 Å². The van der Waals surface area contributed by atoms with E-state index in [0.29, 0.717) is 24.3 Å².